The van der Waals surface area contributed by atoms with Gasteiger partial charge >= 0.3 is 0 Å². The van der Waals surface area contributed by atoms with Crippen LogP contribution >= 0.6 is 35.0 Å². The first-order valence-electron chi connectivity index (χ1n) is 6.70. The van der Waals surface area contributed by atoms with Gasteiger partial charge in [-0.1, -0.05) is 47.1 Å². The fourth-order valence-electron chi connectivity index (χ4n) is 1.92. The van der Waals surface area contributed by atoms with Gasteiger partial charge in [0.25, 0.3) is 5.22 Å². The maximum atomic E-state index is 6.15. The minimum absolute atomic E-state index is 0.452. The summed E-state index contributed by atoms with van der Waals surface area (Å²) in [7, 11) is 1.62. The predicted octanol–water partition coefficient (Wildman–Crippen LogP) is 5.34. The van der Waals surface area contributed by atoms with Gasteiger partial charge in [0.05, 0.1) is 7.11 Å². The molecule has 2 aromatic carbocycles. The molecule has 0 bridgehead atoms. The molecule has 3 aromatic rings. The third-order valence-electron chi connectivity index (χ3n) is 3.09. The first-order valence-corrected chi connectivity index (χ1v) is 8.44. The summed E-state index contributed by atoms with van der Waals surface area (Å²) in [5.74, 6) is 1.81. The number of rotatable bonds is 5. The van der Waals surface area contributed by atoms with Crippen molar-refractivity contribution in [2.75, 3.05) is 7.11 Å². The Morgan fingerprint density at radius 3 is 2.78 bits per heavy atom. The molecule has 0 unspecified atom stereocenters. The van der Waals surface area contributed by atoms with Crippen LogP contribution in [0.3, 0.4) is 0 Å². The highest BCUT2D eigenvalue weighted by molar-refractivity contribution is 7.98. The summed E-state index contributed by atoms with van der Waals surface area (Å²) < 4.78 is 10.9. The second-order valence-electron chi connectivity index (χ2n) is 4.63. The van der Waals surface area contributed by atoms with E-state index in [1.54, 1.807) is 19.2 Å². The highest BCUT2D eigenvalue weighted by atomic mass is 35.5. The van der Waals surface area contributed by atoms with Gasteiger partial charge in [-0.05, 0) is 35.9 Å². The van der Waals surface area contributed by atoms with E-state index < -0.39 is 0 Å². The average Bonchev–Trinajstić information content (AvgIpc) is 3.03. The lowest BCUT2D eigenvalue weighted by Gasteiger charge is -2.02. The van der Waals surface area contributed by atoms with E-state index in [4.69, 9.17) is 32.4 Å². The summed E-state index contributed by atoms with van der Waals surface area (Å²) in [5.41, 5.74) is 1.77. The Morgan fingerprint density at radius 2 is 2.00 bits per heavy atom. The van der Waals surface area contributed by atoms with E-state index in [1.165, 1.54) is 11.8 Å². The van der Waals surface area contributed by atoms with E-state index in [0.717, 1.165) is 16.9 Å². The third-order valence-corrected chi connectivity index (χ3v) is 4.54. The number of benzene rings is 2. The molecule has 0 spiro atoms. The first kappa shape index (κ1) is 16.2. The highest BCUT2D eigenvalue weighted by Gasteiger charge is 2.11. The molecule has 0 aliphatic carbocycles. The predicted molar refractivity (Wildman–Crippen MR) is 92.3 cm³/mol. The van der Waals surface area contributed by atoms with Crippen molar-refractivity contribution in [3.63, 3.8) is 0 Å². The second kappa shape index (κ2) is 7.25. The zero-order valence-electron chi connectivity index (χ0n) is 12.1. The Bertz CT molecular complexity index is 823. The number of hydrogen-bond acceptors (Lipinski definition) is 5. The molecule has 0 radical (unpaired) electrons. The molecule has 7 heteroatoms. The summed E-state index contributed by atoms with van der Waals surface area (Å²) in [5, 5.41) is 9.83. The molecule has 0 saturated heterocycles. The zero-order valence-corrected chi connectivity index (χ0v) is 14.5. The van der Waals surface area contributed by atoms with Gasteiger partial charge in [0.15, 0.2) is 0 Å². The van der Waals surface area contributed by atoms with Crippen molar-refractivity contribution >= 4 is 35.0 Å². The topological polar surface area (TPSA) is 48.2 Å². The van der Waals surface area contributed by atoms with E-state index in [-0.39, 0.29) is 0 Å². The number of aromatic nitrogens is 2. The largest absolute Gasteiger partial charge is 0.497 e. The molecule has 1 heterocycles. The summed E-state index contributed by atoms with van der Waals surface area (Å²) >= 11 is 13.5. The quantitative estimate of drug-likeness (QED) is 0.570. The molecule has 0 N–H and O–H groups in total. The SMILES string of the molecule is COc1cccc(-c2nnc(SCc3ccc(Cl)cc3Cl)o2)c1. The Kier molecular flexibility index (Phi) is 5.10. The van der Waals surface area contributed by atoms with E-state index in [2.05, 4.69) is 10.2 Å². The van der Waals surface area contributed by atoms with Crippen LogP contribution in [0.1, 0.15) is 5.56 Å². The fraction of sp³-hybridized carbons (Fsp3) is 0.125. The lowest BCUT2D eigenvalue weighted by Crippen LogP contribution is -1.83. The summed E-state index contributed by atoms with van der Waals surface area (Å²) in [6.45, 7) is 0. The molecule has 3 rings (SSSR count). The molecule has 23 heavy (non-hydrogen) atoms. The van der Waals surface area contributed by atoms with E-state index in [0.29, 0.717) is 26.9 Å². The molecule has 4 nitrogen and oxygen atoms in total. The van der Waals surface area contributed by atoms with Gasteiger partial charge in [-0.25, -0.2) is 0 Å². The molecule has 0 aliphatic rings. The molecule has 118 valence electrons. The van der Waals surface area contributed by atoms with Crippen LogP contribution in [-0.4, -0.2) is 17.3 Å². The van der Waals surface area contributed by atoms with Crippen molar-refractivity contribution in [2.45, 2.75) is 11.0 Å². The molecule has 0 aliphatic heterocycles. The Balaban J connectivity index is 1.72. The first-order chi connectivity index (χ1) is 11.2. The van der Waals surface area contributed by atoms with Crippen molar-refractivity contribution in [2.24, 2.45) is 0 Å². The number of ether oxygens (including phenoxy) is 1. The van der Waals surface area contributed by atoms with Gasteiger partial charge in [0.1, 0.15) is 5.75 Å². The fourth-order valence-corrected chi connectivity index (χ4v) is 3.24. The average molecular weight is 367 g/mol. The lowest BCUT2D eigenvalue weighted by atomic mass is 10.2. The van der Waals surface area contributed by atoms with Crippen molar-refractivity contribution in [3.05, 3.63) is 58.1 Å². The smallest absolute Gasteiger partial charge is 0.277 e. The number of hydrogen-bond donors (Lipinski definition) is 0. The minimum atomic E-state index is 0.452. The van der Waals surface area contributed by atoms with Crippen LogP contribution in [-0.2, 0) is 5.75 Å². The number of thioether (sulfide) groups is 1. The molecule has 0 atom stereocenters. The van der Waals surface area contributed by atoms with Gasteiger partial charge in [-0.2, -0.15) is 0 Å². The van der Waals surface area contributed by atoms with Crippen LogP contribution in [0.25, 0.3) is 11.5 Å². The maximum absolute atomic E-state index is 6.15. The minimum Gasteiger partial charge on any atom is -0.497 e. The molecule has 1 aromatic heterocycles. The van der Waals surface area contributed by atoms with Crippen LogP contribution in [0.5, 0.6) is 5.75 Å². The molecule has 0 saturated carbocycles. The monoisotopic (exact) mass is 366 g/mol. The normalized spacial score (nSPS) is 10.7. The van der Waals surface area contributed by atoms with Gasteiger partial charge < -0.3 is 9.15 Å². The number of nitrogens with zero attached hydrogens (tertiary/aromatic N) is 2. The van der Waals surface area contributed by atoms with Gasteiger partial charge in [0, 0.05) is 21.4 Å². The summed E-state index contributed by atoms with van der Waals surface area (Å²) in [6, 6.07) is 12.9. The summed E-state index contributed by atoms with van der Waals surface area (Å²) in [4.78, 5) is 0. The van der Waals surface area contributed by atoms with Crippen LogP contribution < -0.4 is 4.74 Å². The van der Waals surface area contributed by atoms with Crippen LogP contribution in [0.15, 0.2) is 52.1 Å². The number of halogens is 2. The standard InChI is InChI=1S/C16H12Cl2N2O2S/c1-21-13-4-2-3-10(7-13)15-19-20-16(22-15)23-9-11-5-6-12(17)8-14(11)18/h2-8H,9H2,1H3. The van der Waals surface area contributed by atoms with Crippen LogP contribution in [0.4, 0.5) is 0 Å². The van der Waals surface area contributed by atoms with Gasteiger partial charge in [-0.3, -0.25) is 0 Å². The maximum Gasteiger partial charge on any atom is 0.277 e. The van der Waals surface area contributed by atoms with Gasteiger partial charge in [0.2, 0.25) is 5.89 Å². The molecule has 0 fully saturated rings. The van der Waals surface area contributed by atoms with Gasteiger partial charge in [-0.15, -0.1) is 10.2 Å². The van der Waals surface area contributed by atoms with E-state index in [1.807, 2.05) is 30.3 Å². The van der Waals surface area contributed by atoms with Crippen molar-refractivity contribution in [1.82, 2.24) is 10.2 Å². The van der Waals surface area contributed by atoms with E-state index in [9.17, 15) is 0 Å². The zero-order chi connectivity index (χ0) is 16.2. The number of methoxy groups -OCH3 is 1. The van der Waals surface area contributed by atoms with Crippen molar-refractivity contribution < 1.29 is 9.15 Å². The Morgan fingerprint density at radius 1 is 1.13 bits per heavy atom. The van der Waals surface area contributed by atoms with E-state index >= 15 is 0 Å². The Labute approximate surface area is 147 Å². The van der Waals surface area contributed by atoms with Crippen molar-refractivity contribution in [3.8, 4) is 17.2 Å². The summed E-state index contributed by atoms with van der Waals surface area (Å²) in [6.07, 6.45) is 0. The molecular weight excluding hydrogens is 355 g/mol. The second-order valence-corrected chi connectivity index (χ2v) is 6.40. The lowest BCUT2D eigenvalue weighted by molar-refractivity contribution is 0.414. The third kappa shape index (κ3) is 3.99. The van der Waals surface area contributed by atoms with Crippen LogP contribution in [0.2, 0.25) is 10.0 Å². The van der Waals surface area contributed by atoms with Crippen molar-refractivity contribution in [1.29, 1.82) is 0 Å². The highest BCUT2D eigenvalue weighted by Crippen LogP contribution is 2.30. The van der Waals surface area contributed by atoms with Crippen LogP contribution in [0, 0.1) is 0 Å². The Hall–Kier alpha value is -1.69. The molecule has 0 amide bonds. The molecular formula is C16H12Cl2N2O2S.